The summed E-state index contributed by atoms with van der Waals surface area (Å²) >= 11 is 0. The third-order valence-corrected chi connectivity index (χ3v) is 8.10. The minimum atomic E-state index is -3.30. The molecule has 0 spiro atoms. The van der Waals surface area contributed by atoms with E-state index >= 15 is 0 Å². The van der Waals surface area contributed by atoms with Crippen LogP contribution in [0.1, 0.15) is 50.6 Å². The fourth-order valence-corrected chi connectivity index (χ4v) is 6.80. The van der Waals surface area contributed by atoms with E-state index in [0.29, 0.717) is 11.8 Å². The molecule has 4 rings (SSSR count). The molecule has 1 aromatic rings. The molecule has 3 aliphatic rings. The minimum absolute atomic E-state index is 0.149. The van der Waals surface area contributed by atoms with Gasteiger partial charge in [-0.2, -0.15) is 0 Å². The van der Waals surface area contributed by atoms with Gasteiger partial charge in [-0.3, -0.25) is 0 Å². The first-order chi connectivity index (χ1) is 11.9. The quantitative estimate of drug-likeness (QED) is 0.869. The molecule has 0 heterocycles. The molecule has 138 valence electrons. The topological polar surface area (TPSA) is 55.4 Å². The van der Waals surface area contributed by atoms with Gasteiger partial charge >= 0.3 is 0 Å². The molecule has 2 bridgehead atoms. The van der Waals surface area contributed by atoms with Gasteiger partial charge in [-0.25, -0.2) is 8.42 Å². The summed E-state index contributed by atoms with van der Waals surface area (Å²) in [6.07, 6.45) is 8.22. The highest BCUT2D eigenvalue weighted by Gasteiger charge is 2.53. The lowest BCUT2D eigenvalue weighted by atomic mass is 9.79. The van der Waals surface area contributed by atoms with Gasteiger partial charge in [-0.15, -0.1) is 0 Å². The van der Waals surface area contributed by atoms with Crippen LogP contribution in [0.3, 0.4) is 0 Å². The Morgan fingerprint density at radius 3 is 2.64 bits per heavy atom. The highest BCUT2D eigenvalue weighted by molar-refractivity contribution is 7.90. The van der Waals surface area contributed by atoms with E-state index in [1.54, 1.807) is 12.1 Å². The summed E-state index contributed by atoms with van der Waals surface area (Å²) in [7, 11) is -1.79. The first-order valence-electron chi connectivity index (χ1n) is 9.52. The Hall–Kier alpha value is -1.07. The van der Waals surface area contributed by atoms with Gasteiger partial charge in [0, 0.05) is 18.3 Å². The van der Waals surface area contributed by atoms with E-state index in [4.69, 9.17) is 4.74 Å². The van der Waals surface area contributed by atoms with Crippen LogP contribution in [-0.2, 0) is 9.84 Å². The molecular formula is C20H29NO3S. The number of hydrogen-bond acceptors (Lipinski definition) is 4. The summed E-state index contributed by atoms with van der Waals surface area (Å²) in [5, 5.41) is 3.82. The van der Waals surface area contributed by atoms with Gasteiger partial charge < -0.3 is 10.1 Å². The van der Waals surface area contributed by atoms with Crippen molar-refractivity contribution in [1.29, 1.82) is 0 Å². The molecular weight excluding hydrogens is 334 g/mol. The normalized spacial score (nSPS) is 34.9. The van der Waals surface area contributed by atoms with E-state index in [9.17, 15) is 8.42 Å². The van der Waals surface area contributed by atoms with Crippen LogP contribution < -0.4 is 10.1 Å². The molecule has 3 saturated carbocycles. The number of benzene rings is 1. The van der Waals surface area contributed by atoms with Crippen LogP contribution in [0.4, 0.5) is 0 Å². The number of fused-ring (bicyclic) bond motifs is 5. The van der Waals surface area contributed by atoms with Crippen LogP contribution in [-0.4, -0.2) is 27.8 Å². The van der Waals surface area contributed by atoms with E-state index in [1.165, 1.54) is 45.5 Å². The van der Waals surface area contributed by atoms with Crippen LogP contribution in [0.2, 0.25) is 0 Å². The van der Waals surface area contributed by atoms with Gasteiger partial charge in [0.1, 0.15) is 10.6 Å². The second-order valence-corrected chi connectivity index (χ2v) is 10.3. The summed E-state index contributed by atoms with van der Waals surface area (Å²) in [6, 6.07) is 6.27. The highest BCUT2D eigenvalue weighted by Crippen LogP contribution is 2.58. The molecule has 0 aliphatic heterocycles. The van der Waals surface area contributed by atoms with Gasteiger partial charge in [0.2, 0.25) is 0 Å². The standard InChI is InChI=1S/C20H29NO3S/c1-12(13-7-8-19(24-2)20(11-13)25(3,22)23)21-18-10-14-9-17(18)16-6-4-5-15(14)16/h7-8,11-12,14-18,21H,4-6,9-10H2,1-3H3/t12?,14?,15-,16-,17?,18-/m1/s1. The molecule has 0 amide bonds. The zero-order valence-electron chi connectivity index (χ0n) is 15.4. The zero-order chi connectivity index (χ0) is 17.8. The van der Waals surface area contributed by atoms with E-state index in [0.717, 1.165) is 29.2 Å². The molecule has 5 heteroatoms. The monoisotopic (exact) mass is 363 g/mol. The fourth-order valence-electron chi connectivity index (χ4n) is 5.93. The third kappa shape index (κ3) is 2.99. The van der Waals surface area contributed by atoms with Crippen molar-refractivity contribution in [2.24, 2.45) is 23.7 Å². The molecule has 0 aromatic heterocycles. The predicted octanol–water partition coefficient (Wildman–Crippen LogP) is 3.57. The first kappa shape index (κ1) is 17.3. The van der Waals surface area contributed by atoms with Crippen molar-refractivity contribution in [3.63, 3.8) is 0 Å². The molecule has 3 aliphatic carbocycles. The number of rotatable bonds is 5. The van der Waals surface area contributed by atoms with E-state index < -0.39 is 9.84 Å². The van der Waals surface area contributed by atoms with E-state index in [1.807, 2.05) is 6.07 Å². The van der Waals surface area contributed by atoms with Gasteiger partial charge in [0.25, 0.3) is 0 Å². The lowest BCUT2D eigenvalue weighted by Crippen LogP contribution is -2.40. The van der Waals surface area contributed by atoms with Gasteiger partial charge in [-0.1, -0.05) is 12.5 Å². The third-order valence-electron chi connectivity index (χ3n) is 6.98. The molecule has 1 aromatic carbocycles. The summed E-state index contributed by atoms with van der Waals surface area (Å²) in [5.74, 6) is 4.10. The van der Waals surface area contributed by atoms with Crippen LogP contribution in [0, 0.1) is 23.7 Å². The predicted molar refractivity (Wildman–Crippen MR) is 98.5 cm³/mol. The Bertz CT molecular complexity index is 760. The summed E-state index contributed by atoms with van der Waals surface area (Å²) in [5.41, 5.74) is 1.02. The molecule has 0 saturated heterocycles. The number of sulfone groups is 1. The van der Waals surface area contributed by atoms with Crippen LogP contribution in [0.5, 0.6) is 5.75 Å². The zero-order valence-corrected chi connectivity index (χ0v) is 16.2. The van der Waals surface area contributed by atoms with Gasteiger partial charge in [0.15, 0.2) is 9.84 Å². The molecule has 3 unspecified atom stereocenters. The fraction of sp³-hybridized carbons (Fsp3) is 0.700. The average molecular weight is 364 g/mol. The second-order valence-electron chi connectivity index (χ2n) is 8.33. The molecule has 4 nitrogen and oxygen atoms in total. The van der Waals surface area contributed by atoms with Crippen LogP contribution >= 0.6 is 0 Å². The van der Waals surface area contributed by atoms with Crippen molar-refractivity contribution in [3.05, 3.63) is 23.8 Å². The lowest BCUT2D eigenvalue weighted by Gasteiger charge is -2.34. The smallest absolute Gasteiger partial charge is 0.179 e. The number of hydrogen-bond donors (Lipinski definition) is 1. The Balaban J connectivity index is 1.51. The molecule has 0 radical (unpaired) electrons. The average Bonchev–Trinajstić information content (AvgIpc) is 3.26. The Labute approximate surface area is 151 Å². The van der Waals surface area contributed by atoms with Crippen molar-refractivity contribution in [1.82, 2.24) is 5.32 Å². The Morgan fingerprint density at radius 2 is 1.92 bits per heavy atom. The molecule has 6 atom stereocenters. The van der Waals surface area contributed by atoms with Crippen molar-refractivity contribution >= 4 is 9.84 Å². The maximum absolute atomic E-state index is 12.1. The first-order valence-corrected chi connectivity index (χ1v) is 11.4. The maximum atomic E-state index is 12.1. The van der Waals surface area contributed by atoms with E-state index in [2.05, 4.69) is 12.2 Å². The largest absolute Gasteiger partial charge is 0.495 e. The SMILES string of the molecule is COc1ccc(C(C)N[C@@H]2CC3CC2[C@@H]2CCC[C@H]32)cc1S(C)(=O)=O. The second kappa shape index (κ2) is 6.27. The van der Waals surface area contributed by atoms with Gasteiger partial charge in [-0.05, 0) is 74.0 Å². The number of methoxy groups -OCH3 is 1. The van der Waals surface area contributed by atoms with Crippen molar-refractivity contribution in [2.75, 3.05) is 13.4 Å². The van der Waals surface area contributed by atoms with Crippen molar-refractivity contribution in [3.8, 4) is 5.75 Å². The molecule has 25 heavy (non-hydrogen) atoms. The molecule has 1 N–H and O–H groups in total. The number of ether oxygens (including phenoxy) is 1. The summed E-state index contributed by atoms with van der Waals surface area (Å²) in [6.45, 7) is 2.14. The highest BCUT2D eigenvalue weighted by atomic mass is 32.2. The Kier molecular flexibility index (Phi) is 4.35. The maximum Gasteiger partial charge on any atom is 0.179 e. The lowest BCUT2D eigenvalue weighted by molar-refractivity contribution is 0.200. The summed E-state index contributed by atoms with van der Waals surface area (Å²) in [4.78, 5) is 0.282. The number of nitrogens with one attached hydrogen (secondary N) is 1. The van der Waals surface area contributed by atoms with Crippen molar-refractivity contribution < 1.29 is 13.2 Å². The van der Waals surface area contributed by atoms with Crippen LogP contribution in [0.25, 0.3) is 0 Å². The van der Waals surface area contributed by atoms with E-state index in [-0.39, 0.29) is 10.9 Å². The van der Waals surface area contributed by atoms with Crippen molar-refractivity contribution in [2.45, 2.75) is 56.0 Å². The van der Waals surface area contributed by atoms with Gasteiger partial charge in [0.05, 0.1) is 7.11 Å². The van der Waals surface area contributed by atoms with Crippen LogP contribution in [0.15, 0.2) is 23.1 Å². The minimum Gasteiger partial charge on any atom is -0.495 e. The Morgan fingerprint density at radius 1 is 1.16 bits per heavy atom. The molecule has 3 fully saturated rings. The summed E-state index contributed by atoms with van der Waals surface area (Å²) < 4.78 is 29.3.